The molecule has 0 aromatic carbocycles. The van der Waals surface area contributed by atoms with Gasteiger partial charge in [0.05, 0.1) is 0 Å². The Kier molecular flexibility index (Phi) is 27.3. The van der Waals surface area contributed by atoms with Gasteiger partial charge in [-0.25, -0.2) is 4.79 Å². The molecule has 0 bridgehead atoms. The molecule has 1 N–H and O–H groups in total. The molecule has 0 heterocycles. The van der Waals surface area contributed by atoms with Crippen molar-refractivity contribution in [3.63, 3.8) is 0 Å². The number of unbranched alkanes of at least 4 members (excludes halogenated alkanes) is 12. The molecular weight excluding hydrogens is 470 g/mol. The largest absolute Gasteiger partial charge is 0.506 e. The molecule has 0 aliphatic heterocycles. The van der Waals surface area contributed by atoms with Crippen molar-refractivity contribution in [1.29, 1.82) is 0 Å². The molecule has 0 aliphatic carbocycles. The summed E-state index contributed by atoms with van der Waals surface area (Å²) in [6.45, 7) is 5.72. The normalized spacial score (nSPS) is 13.8. The number of hydrogen-bond acceptors (Lipinski definition) is 3. The Morgan fingerprint density at radius 2 is 1.24 bits per heavy atom. The van der Waals surface area contributed by atoms with Crippen LogP contribution in [0.15, 0.2) is 36.5 Å². The van der Waals surface area contributed by atoms with Crippen molar-refractivity contribution in [1.82, 2.24) is 4.90 Å². The SMILES string of the molecule is CCCCC/C=C\C/C=C\CCCCCCCC(CCCCCC/C=C\C(C)CCCN(C)C)OC(=O)O. The first kappa shape index (κ1) is 36.5. The zero-order valence-electron chi connectivity index (χ0n) is 25.7. The zero-order chi connectivity index (χ0) is 28.1. The maximum atomic E-state index is 11.1. The lowest BCUT2D eigenvalue weighted by Gasteiger charge is -2.15. The van der Waals surface area contributed by atoms with Gasteiger partial charge in [-0.05, 0) is 110 Å². The van der Waals surface area contributed by atoms with Gasteiger partial charge in [0.1, 0.15) is 6.10 Å². The highest BCUT2D eigenvalue weighted by Crippen LogP contribution is 2.17. The first-order valence-corrected chi connectivity index (χ1v) is 16.0. The summed E-state index contributed by atoms with van der Waals surface area (Å²) in [6, 6.07) is 0. The van der Waals surface area contributed by atoms with E-state index in [0.717, 1.165) is 44.9 Å². The predicted molar refractivity (Wildman–Crippen MR) is 166 cm³/mol. The van der Waals surface area contributed by atoms with Gasteiger partial charge in [-0.1, -0.05) is 95.2 Å². The van der Waals surface area contributed by atoms with Crippen LogP contribution in [0.25, 0.3) is 0 Å². The standard InChI is InChI=1S/C34H63NO3/c1-5-6-7-8-9-10-11-12-13-14-15-16-17-21-24-29-33(38-34(36)37)30-25-22-19-18-20-23-27-32(2)28-26-31-35(3)4/h9-10,12-13,23,27,32-33H,5-8,11,14-22,24-26,28-31H2,1-4H3,(H,36,37)/b10-9-,13-12-,27-23-. The molecule has 0 spiro atoms. The minimum atomic E-state index is -1.12. The third-order valence-corrected chi connectivity index (χ3v) is 7.12. The molecule has 4 heteroatoms. The molecule has 2 atom stereocenters. The first-order valence-electron chi connectivity index (χ1n) is 16.0. The Labute approximate surface area is 237 Å². The van der Waals surface area contributed by atoms with Gasteiger partial charge in [-0.15, -0.1) is 0 Å². The quantitative estimate of drug-likeness (QED) is 0.0648. The molecule has 0 saturated heterocycles. The maximum Gasteiger partial charge on any atom is 0.506 e. The number of rotatable bonds is 27. The van der Waals surface area contributed by atoms with Crippen LogP contribution in [0.2, 0.25) is 0 Å². The summed E-state index contributed by atoms with van der Waals surface area (Å²) in [5.74, 6) is 0.665. The minimum absolute atomic E-state index is 0.131. The second-order valence-corrected chi connectivity index (χ2v) is 11.4. The molecule has 0 saturated carbocycles. The second kappa shape index (κ2) is 28.5. The van der Waals surface area contributed by atoms with Gasteiger partial charge in [0.25, 0.3) is 0 Å². The zero-order valence-corrected chi connectivity index (χ0v) is 25.7. The number of carbonyl (C=O) groups is 1. The van der Waals surface area contributed by atoms with Gasteiger partial charge >= 0.3 is 6.16 Å². The van der Waals surface area contributed by atoms with Gasteiger partial charge in [0, 0.05) is 0 Å². The first-order chi connectivity index (χ1) is 18.5. The number of nitrogens with zero attached hydrogens (tertiary/aromatic N) is 1. The fraction of sp³-hybridized carbons (Fsp3) is 0.794. The van der Waals surface area contributed by atoms with Crippen LogP contribution < -0.4 is 0 Å². The molecule has 222 valence electrons. The van der Waals surface area contributed by atoms with E-state index in [4.69, 9.17) is 9.84 Å². The van der Waals surface area contributed by atoms with E-state index in [1.165, 1.54) is 90.0 Å². The molecule has 0 aromatic heterocycles. The van der Waals surface area contributed by atoms with Crippen LogP contribution in [-0.4, -0.2) is 42.9 Å². The van der Waals surface area contributed by atoms with Crippen molar-refractivity contribution >= 4 is 6.16 Å². The fourth-order valence-corrected chi connectivity index (χ4v) is 4.73. The molecule has 0 amide bonds. The van der Waals surface area contributed by atoms with E-state index in [2.05, 4.69) is 69.3 Å². The highest BCUT2D eigenvalue weighted by Gasteiger charge is 2.13. The molecule has 0 rings (SSSR count). The Morgan fingerprint density at radius 1 is 0.711 bits per heavy atom. The average molecular weight is 534 g/mol. The predicted octanol–water partition coefficient (Wildman–Crippen LogP) is 10.7. The number of hydrogen-bond donors (Lipinski definition) is 1. The molecule has 2 unspecified atom stereocenters. The summed E-state index contributed by atoms with van der Waals surface area (Å²) in [6.07, 6.45) is 36.1. The lowest BCUT2D eigenvalue weighted by Crippen LogP contribution is -2.16. The van der Waals surface area contributed by atoms with Gasteiger partial charge in [0.15, 0.2) is 0 Å². The summed E-state index contributed by atoms with van der Waals surface area (Å²) >= 11 is 0. The van der Waals surface area contributed by atoms with E-state index in [1.807, 2.05) is 0 Å². The molecule has 0 fully saturated rings. The highest BCUT2D eigenvalue weighted by molar-refractivity contribution is 5.57. The third kappa shape index (κ3) is 29.0. The average Bonchev–Trinajstić information content (AvgIpc) is 2.87. The highest BCUT2D eigenvalue weighted by atomic mass is 16.7. The van der Waals surface area contributed by atoms with Crippen molar-refractivity contribution in [2.24, 2.45) is 5.92 Å². The summed E-state index contributed by atoms with van der Waals surface area (Å²) in [4.78, 5) is 13.3. The van der Waals surface area contributed by atoms with E-state index >= 15 is 0 Å². The van der Waals surface area contributed by atoms with Crippen molar-refractivity contribution in [3.05, 3.63) is 36.5 Å². The Bertz CT molecular complexity index is 597. The van der Waals surface area contributed by atoms with Gasteiger partial charge < -0.3 is 14.7 Å². The van der Waals surface area contributed by atoms with Crippen molar-refractivity contribution < 1.29 is 14.6 Å². The summed E-state index contributed by atoms with van der Waals surface area (Å²) < 4.78 is 5.18. The van der Waals surface area contributed by atoms with E-state index in [1.54, 1.807) is 0 Å². The third-order valence-electron chi connectivity index (χ3n) is 7.12. The second-order valence-electron chi connectivity index (χ2n) is 11.4. The molecular formula is C34H63NO3. The monoisotopic (exact) mass is 533 g/mol. The summed E-state index contributed by atoms with van der Waals surface area (Å²) in [5, 5.41) is 9.09. The molecule has 38 heavy (non-hydrogen) atoms. The lowest BCUT2D eigenvalue weighted by atomic mass is 10.0. The summed E-state index contributed by atoms with van der Waals surface area (Å²) in [7, 11) is 4.27. The van der Waals surface area contributed by atoms with Crippen LogP contribution >= 0.6 is 0 Å². The molecule has 0 aliphatic rings. The van der Waals surface area contributed by atoms with Crippen LogP contribution in [0.1, 0.15) is 142 Å². The molecule has 0 radical (unpaired) electrons. The van der Waals surface area contributed by atoms with Crippen LogP contribution in [0.4, 0.5) is 4.79 Å². The number of carboxylic acid groups (broad SMARTS) is 1. The van der Waals surface area contributed by atoms with Crippen molar-refractivity contribution in [3.8, 4) is 0 Å². The van der Waals surface area contributed by atoms with Crippen LogP contribution in [0, 0.1) is 5.92 Å². The van der Waals surface area contributed by atoms with Crippen LogP contribution in [-0.2, 0) is 4.74 Å². The fourth-order valence-electron chi connectivity index (χ4n) is 4.73. The van der Waals surface area contributed by atoms with Crippen LogP contribution in [0.3, 0.4) is 0 Å². The number of allylic oxidation sites excluding steroid dienone is 6. The topological polar surface area (TPSA) is 49.8 Å². The van der Waals surface area contributed by atoms with Gasteiger partial charge in [0.2, 0.25) is 0 Å². The van der Waals surface area contributed by atoms with E-state index < -0.39 is 6.16 Å². The van der Waals surface area contributed by atoms with E-state index in [-0.39, 0.29) is 6.10 Å². The molecule has 4 nitrogen and oxygen atoms in total. The smallest absolute Gasteiger partial charge is 0.450 e. The van der Waals surface area contributed by atoms with Gasteiger partial charge in [-0.2, -0.15) is 0 Å². The maximum absolute atomic E-state index is 11.1. The van der Waals surface area contributed by atoms with Gasteiger partial charge in [-0.3, -0.25) is 0 Å². The van der Waals surface area contributed by atoms with E-state index in [0.29, 0.717) is 5.92 Å². The van der Waals surface area contributed by atoms with Crippen molar-refractivity contribution in [2.75, 3.05) is 20.6 Å². The van der Waals surface area contributed by atoms with Crippen molar-refractivity contribution in [2.45, 2.75) is 148 Å². The molecule has 0 aromatic rings. The Hall–Kier alpha value is -1.55. The van der Waals surface area contributed by atoms with E-state index in [9.17, 15) is 4.79 Å². The summed E-state index contributed by atoms with van der Waals surface area (Å²) in [5.41, 5.74) is 0. The Morgan fingerprint density at radius 3 is 1.79 bits per heavy atom. The minimum Gasteiger partial charge on any atom is -0.450 e. The number of ether oxygens (including phenoxy) is 1. The Balaban J connectivity index is 3.73. The lowest BCUT2D eigenvalue weighted by molar-refractivity contribution is 0.0422. The van der Waals surface area contributed by atoms with Crippen LogP contribution in [0.5, 0.6) is 0 Å².